The Balaban J connectivity index is 3.34. The summed E-state index contributed by atoms with van der Waals surface area (Å²) in [5.41, 5.74) is 3.90. The lowest BCUT2D eigenvalue weighted by molar-refractivity contribution is -0.184. The summed E-state index contributed by atoms with van der Waals surface area (Å²) in [6.07, 6.45) is 2.87. The van der Waals surface area contributed by atoms with Crippen LogP contribution in [0.5, 0.6) is 0 Å². The molecule has 3 nitrogen and oxygen atoms in total. The number of hydroxylamine groups is 1. The summed E-state index contributed by atoms with van der Waals surface area (Å²) in [7, 11) is 0. The Morgan fingerprint density at radius 3 is 2.42 bits per heavy atom. The highest BCUT2D eigenvalue weighted by atomic mass is 16.8. The van der Waals surface area contributed by atoms with Crippen LogP contribution in [-0.2, 0) is 9.57 Å². The van der Waals surface area contributed by atoms with Gasteiger partial charge < -0.3 is 4.74 Å². The van der Waals surface area contributed by atoms with Crippen LogP contribution >= 0.6 is 0 Å². The molecule has 12 heavy (non-hydrogen) atoms. The molecule has 0 spiro atoms. The molecule has 3 heteroatoms. The monoisotopic (exact) mass is 174 g/mol. The Bertz CT molecular complexity index is 82.6. The van der Waals surface area contributed by atoms with Crippen LogP contribution in [0.3, 0.4) is 0 Å². The second-order valence-electron chi connectivity index (χ2n) is 2.63. The molecule has 1 radical (unpaired) electrons. The van der Waals surface area contributed by atoms with Crippen LogP contribution in [0.15, 0.2) is 0 Å². The molecule has 0 aliphatic heterocycles. The van der Waals surface area contributed by atoms with Crippen LogP contribution < -0.4 is 5.48 Å². The van der Waals surface area contributed by atoms with Gasteiger partial charge in [-0.3, -0.25) is 4.84 Å². The van der Waals surface area contributed by atoms with E-state index in [0.717, 1.165) is 25.8 Å². The van der Waals surface area contributed by atoms with Gasteiger partial charge in [-0.05, 0) is 19.8 Å². The molecule has 0 amide bonds. The van der Waals surface area contributed by atoms with Gasteiger partial charge in [-0.2, -0.15) is 0 Å². The summed E-state index contributed by atoms with van der Waals surface area (Å²) in [5, 5.41) is 0. The quantitative estimate of drug-likeness (QED) is 0.320. The van der Waals surface area contributed by atoms with E-state index in [-0.39, 0.29) is 6.29 Å². The average Bonchev–Trinajstić information content (AvgIpc) is 2.06. The van der Waals surface area contributed by atoms with E-state index in [9.17, 15) is 0 Å². The number of nitrogens with zero attached hydrogens (tertiary/aromatic N) is 1. The van der Waals surface area contributed by atoms with Crippen molar-refractivity contribution in [1.29, 1.82) is 0 Å². The van der Waals surface area contributed by atoms with Crippen LogP contribution in [0.1, 0.15) is 40.0 Å². The second kappa shape index (κ2) is 8.97. The summed E-state index contributed by atoms with van der Waals surface area (Å²) in [4.78, 5) is 5.17. The average molecular weight is 174 g/mol. The molecule has 0 aliphatic rings. The lowest BCUT2D eigenvalue weighted by Crippen LogP contribution is -2.22. The SMILES string of the molecule is CCC[N]OC(CCC)OCC. The fourth-order valence-electron chi connectivity index (χ4n) is 0.815. The highest BCUT2D eigenvalue weighted by Crippen LogP contribution is 2.02. The minimum Gasteiger partial charge on any atom is -0.351 e. The Kier molecular flexibility index (Phi) is 8.88. The molecule has 0 bridgehead atoms. The standard InChI is InChI=1S/C9H20NO2/c1-4-7-9(11-6-3)12-10-8-5-2/h9H,4-8H2,1-3H3. The summed E-state index contributed by atoms with van der Waals surface area (Å²) in [6.45, 7) is 7.59. The Hall–Kier alpha value is -0.120. The molecule has 0 aromatic heterocycles. The predicted molar refractivity (Wildman–Crippen MR) is 48.7 cm³/mol. The third kappa shape index (κ3) is 6.58. The zero-order valence-corrected chi connectivity index (χ0v) is 8.38. The van der Waals surface area contributed by atoms with Crippen molar-refractivity contribution in [2.24, 2.45) is 0 Å². The molecule has 0 saturated heterocycles. The number of hydrogen-bond donors (Lipinski definition) is 0. The Morgan fingerprint density at radius 1 is 1.17 bits per heavy atom. The lowest BCUT2D eigenvalue weighted by Gasteiger charge is -2.14. The minimum absolute atomic E-state index is 0.133. The molecule has 0 aromatic carbocycles. The minimum atomic E-state index is -0.133. The van der Waals surface area contributed by atoms with Gasteiger partial charge in [0.25, 0.3) is 0 Å². The van der Waals surface area contributed by atoms with Crippen molar-refractivity contribution in [3.8, 4) is 0 Å². The number of ether oxygens (including phenoxy) is 1. The van der Waals surface area contributed by atoms with Gasteiger partial charge in [0.2, 0.25) is 0 Å². The van der Waals surface area contributed by atoms with Gasteiger partial charge in [0.1, 0.15) is 0 Å². The first-order chi connectivity index (χ1) is 5.85. The van der Waals surface area contributed by atoms with Gasteiger partial charge >= 0.3 is 0 Å². The van der Waals surface area contributed by atoms with E-state index in [2.05, 4.69) is 19.3 Å². The molecular weight excluding hydrogens is 154 g/mol. The fraction of sp³-hybridized carbons (Fsp3) is 1.00. The van der Waals surface area contributed by atoms with Gasteiger partial charge in [0, 0.05) is 13.2 Å². The fourth-order valence-corrected chi connectivity index (χ4v) is 0.815. The molecule has 0 saturated carbocycles. The van der Waals surface area contributed by atoms with Crippen molar-refractivity contribution in [2.75, 3.05) is 13.2 Å². The highest BCUT2D eigenvalue weighted by molar-refractivity contribution is 4.41. The first kappa shape index (κ1) is 11.9. The molecule has 1 atom stereocenters. The number of hydrogen-bond acceptors (Lipinski definition) is 2. The molecule has 0 heterocycles. The highest BCUT2D eigenvalue weighted by Gasteiger charge is 2.06. The van der Waals surface area contributed by atoms with Crippen LogP contribution in [0.4, 0.5) is 0 Å². The van der Waals surface area contributed by atoms with E-state index in [1.54, 1.807) is 0 Å². The Morgan fingerprint density at radius 2 is 1.92 bits per heavy atom. The van der Waals surface area contributed by atoms with Crippen molar-refractivity contribution in [3.63, 3.8) is 0 Å². The Labute approximate surface area is 75.4 Å². The van der Waals surface area contributed by atoms with Crippen molar-refractivity contribution in [3.05, 3.63) is 0 Å². The van der Waals surface area contributed by atoms with Gasteiger partial charge in [-0.15, -0.1) is 0 Å². The maximum atomic E-state index is 5.31. The topological polar surface area (TPSA) is 32.6 Å². The zero-order valence-electron chi connectivity index (χ0n) is 8.38. The van der Waals surface area contributed by atoms with Crippen molar-refractivity contribution in [1.82, 2.24) is 5.48 Å². The molecule has 1 unspecified atom stereocenters. The molecule has 0 N–H and O–H groups in total. The van der Waals surface area contributed by atoms with Crippen molar-refractivity contribution < 1.29 is 9.57 Å². The zero-order chi connectivity index (χ0) is 9.23. The van der Waals surface area contributed by atoms with Crippen molar-refractivity contribution >= 4 is 0 Å². The van der Waals surface area contributed by atoms with Gasteiger partial charge in [-0.1, -0.05) is 25.7 Å². The first-order valence-electron chi connectivity index (χ1n) is 4.79. The van der Waals surface area contributed by atoms with E-state index in [0.29, 0.717) is 6.61 Å². The normalized spacial score (nSPS) is 13.2. The van der Waals surface area contributed by atoms with Crippen LogP contribution in [0, 0.1) is 0 Å². The maximum Gasteiger partial charge on any atom is 0.179 e. The summed E-state index contributed by atoms with van der Waals surface area (Å²) >= 11 is 0. The van der Waals surface area contributed by atoms with Gasteiger partial charge in [-0.25, -0.2) is 0 Å². The largest absolute Gasteiger partial charge is 0.351 e. The predicted octanol–water partition coefficient (Wildman–Crippen LogP) is 2.10. The summed E-state index contributed by atoms with van der Waals surface area (Å²) in [5.74, 6) is 0. The van der Waals surface area contributed by atoms with Crippen LogP contribution in [0.2, 0.25) is 0 Å². The molecule has 0 rings (SSSR count). The van der Waals surface area contributed by atoms with E-state index in [4.69, 9.17) is 9.57 Å². The maximum absolute atomic E-state index is 5.31. The molecule has 0 fully saturated rings. The van der Waals surface area contributed by atoms with E-state index >= 15 is 0 Å². The summed E-state index contributed by atoms with van der Waals surface area (Å²) < 4.78 is 5.31. The molecule has 0 aliphatic carbocycles. The van der Waals surface area contributed by atoms with E-state index < -0.39 is 0 Å². The summed E-state index contributed by atoms with van der Waals surface area (Å²) in [6, 6.07) is 0. The first-order valence-corrected chi connectivity index (χ1v) is 4.79. The van der Waals surface area contributed by atoms with Gasteiger partial charge in [0.15, 0.2) is 6.29 Å². The van der Waals surface area contributed by atoms with Crippen LogP contribution in [-0.4, -0.2) is 19.4 Å². The van der Waals surface area contributed by atoms with E-state index in [1.807, 2.05) is 6.92 Å². The van der Waals surface area contributed by atoms with Crippen LogP contribution in [0.25, 0.3) is 0 Å². The smallest absolute Gasteiger partial charge is 0.179 e. The lowest BCUT2D eigenvalue weighted by atomic mass is 10.3. The molecule has 0 aromatic rings. The van der Waals surface area contributed by atoms with E-state index in [1.165, 1.54) is 0 Å². The molecule has 73 valence electrons. The van der Waals surface area contributed by atoms with Gasteiger partial charge in [0.05, 0.1) is 0 Å². The third-order valence-corrected chi connectivity index (χ3v) is 1.38. The number of rotatable bonds is 8. The van der Waals surface area contributed by atoms with Crippen molar-refractivity contribution in [2.45, 2.75) is 46.3 Å². The third-order valence-electron chi connectivity index (χ3n) is 1.38. The second-order valence-corrected chi connectivity index (χ2v) is 2.63. The molecular formula is C9H20NO2.